The van der Waals surface area contributed by atoms with Crippen molar-refractivity contribution in [3.05, 3.63) is 29.8 Å². The predicted octanol–water partition coefficient (Wildman–Crippen LogP) is 1.36. The molecule has 0 spiro atoms. The zero-order valence-electron chi connectivity index (χ0n) is 13.0. The van der Waals surface area contributed by atoms with E-state index in [0.717, 1.165) is 25.7 Å². The van der Waals surface area contributed by atoms with Crippen LogP contribution < -0.4 is 11.1 Å². The van der Waals surface area contributed by atoms with Gasteiger partial charge in [-0.15, -0.1) is 12.4 Å². The van der Waals surface area contributed by atoms with Crippen LogP contribution in [0.25, 0.3) is 0 Å². The fourth-order valence-electron chi connectivity index (χ4n) is 2.52. The summed E-state index contributed by atoms with van der Waals surface area (Å²) in [5.74, 6) is -0.307. The molecule has 0 aliphatic carbocycles. The summed E-state index contributed by atoms with van der Waals surface area (Å²) >= 11 is 0. The number of sulfonamides is 1. The molecule has 1 fully saturated rings. The maximum Gasteiger partial charge on any atom is 0.251 e. The number of nitrogens with two attached hydrogens (primary N) is 1. The van der Waals surface area contributed by atoms with E-state index in [-0.39, 0.29) is 23.2 Å². The minimum Gasteiger partial charge on any atom is -0.351 e. The number of benzene rings is 1. The van der Waals surface area contributed by atoms with Gasteiger partial charge in [-0.05, 0) is 31.0 Å². The van der Waals surface area contributed by atoms with Crippen LogP contribution in [0.5, 0.6) is 0 Å². The van der Waals surface area contributed by atoms with Gasteiger partial charge in [-0.3, -0.25) is 4.79 Å². The highest BCUT2D eigenvalue weighted by molar-refractivity contribution is 7.89. The van der Waals surface area contributed by atoms with E-state index >= 15 is 0 Å². The molecule has 1 aliphatic heterocycles. The first kappa shape index (κ1) is 19.9. The van der Waals surface area contributed by atoms with Crippen molar-refractivity contribution in [1.29, 1.82) is 0 Å². The summed E-state index contributed by atoms with van der Waals surface area (Å²) < 4.78 is 26.9. The van der Waals surface area contributed by atoms with Gasteiger partial charge in [0.05, 0.1) is 4.90 Å². The molecule has 130 valence electrons. The van der Waals surface area contributed by atoms with E-state index in [9.17, 15) is 13.2 Å². The first-order chi connectivity index (χ1) is 10.6. The van der Waals surface area contributed by atoms with Crippen LogP contribution in [0.1, 0.15) is 36.0 Å². The summed E-state index contributed by atoms with van der Waals surface area (Å²) in [7, 11) is -3.53. The van der Waals surface area contributed by atoms with Gasteiger partial charge in [0.15, 0.2) is 0 Å². The van der Waals surface area contributed by atoms with E-state index in [0.29, 0.717) is 31.7 Å². The van der Waals surface area contributed by atoms with Gasteiger partial charge in [0, 0.05) is 31.7 Å². The lowest BCUT2D eigenvalue weighted by Crippen LogP contribution is -2.32. The normalized spacial score (nSPS) is 16.2. The third-order valence-corrected chi connectivity index (χ3v) is 5.62. The molecule has 0 aromatic heterocycles. The minimum atomic E-state index is -3.53. The maximum atomic E-state index is 12.7. The van der Waals surface area contributed by atoms with Crippen molar-refractivity contribution in [3.63, 3.8) is 0 Å². The zero-order valence-corrected chi connectivity index (χ0v) is 14.7. The lowest BCUT2D eigenvalue weighted by Gasteiger charge is -2.20. The van der Waals surface area contributed by atoms with Crippen molar-refractivity contribution < 1.29 is 13.2 Å². The highest BCUT2D eigenvalue weighted by Crippen LogP contribution is 2.21. The molecule has 0 saturated carbocycles. The van der Waals surface area contributed by atoms with Crippen LogP contribution in [-0.4, -0.2) is 44.8 Å². The van der Waals surface area contributed by atoms with Gasteiger partial charge in [0.25, 0.3) is 5.91 Å². The first-order valence-electron chi connectivity index (χ1n) is 7.64. The van der Waals surface area contributed by atoms with Crippen molar-refractivity contribution in [1.82, 2.24) is 9.62 Å². The molecule has 0 bridgehead atoms. The van der Waals surface area contributed by atoms with Gasteiger partial charge in [0.1, 0.15) is 0 Å². The summed E-state index contributed by atoms with van der Waals surface area (Å²) in [5.41, 5.74) is 5.69. The molecular formula is C15H24ClN3O3S. The average Bonchev–Trinajstić information content (AvgIpc) is 2.82. The highest BCUT2D eigenvalue weighted by Gasteiger charge is 2.25. The third-order valence-electron chi connectivity index (χ3n) is 3.73. The number of carbonyl (C=O) groups excluding carboxylic acids is 1. The molecule has 1 amide bonds. The Hall–Kier alpha value is -1.15. The maximum absolute atomic E-state index is 12.7. The molecule has 6 nitrogen and oxygen atoms in total. The van der Waals surface area contributed by atoms with Crippen molar-refractivity contribution >= 4 is 28.3 Å². The van der Waals surface area contributed by atoms with Crippen LogP contribution in [-0.2, 0) is 10.0 Å². The van der Waals surface area contributed by atoms with Gasteiger partial charge >= 0.3 is 0 Å². The second-order valence-corrected chi connectivity index (χ2v) is 7.33. The quantitative estimate of drug-likeness (QED) is 0.828. The van der Waals surface area contributed by atoms with E-state index in [1.165, 1.54) is 10.4 Å². The molecule has 0 unspecified atom stereocenters. The van der Waals surface area contributed by atoms with E-state index in [1.54, 1.807) is 18.2 Å². The molecule has 1 aromatic rings. The topological polar surface area (TPSA) is 92.5 Å². The Morgan fingerprint density at radius 2 is 1.83 bits per heavy atom. The van der Waals surface area contributed by atoms with Crippen LogP contribution in [0.4, 0.5) is 0 Å². The number of rotatable bonds is 5. The smallest absolute Gasteiger partial charge is 0.251 e. The number of nitrogens with zero attached hydrogens (tertiary/aromatic N) is 1. The second kappa shape index (κ2) is 9.22. The number of hydrogen-bond donors (Lipinski definition) is 2. The molecule has 2 rings (SSSR count). The number of nitrogens with one attached hydrogen (secondary N) is 1. The van der Waals surface area contributed by atoms with Gasteiger partial charge in [0.2, 0.25) is 10.0 Å². The number of amides is 1. The fraction of sp³-hybridized carbons (Fsp3) is 0.533. The Kier molecular flexibility index (Phi) is 7.98. The number of halogens is 1. The molecule has 1 heterocycles. The molecule has 8 heteroatoms. The zero-order chi connectivity index (χ0) is 16.0. The van der Waals surface area contributed by atoms with Crippen LogP contribution in [0, 0.1) is 0 Å². The van der Waals surface area contributed by atoms with E-state index in [2.05, 4.69) is 5.32 Å². The Labute approximate surface area is 143 Å². The number of carbonyl (C=O) groups is 1. The Balaban J connectivity index is 0.00000264. The monoisotopic (exact) mass is 361 g/mol. The van der Waals surface area contributed by atoms with Gasteiger partial charge < -0.3 is 11.1 Å². The van der Waals surface area contributed by atoms with Gasteiger partial charge in [-0.2, -0.15) is 4.31 Å². The first-order valence-corrected chi connectivity index (χ1v) is 9.08. The van der Waals surface area contributed by atoms with Crippen molar-refractivity contribution in [2.75, 3.05) is 26.2 Å². The average molecular weight is 362 g/mol. The molecule has 1 aromatic carbocycles. The van der Waals surface area contributed by atoms with Gasteiger partial charge in [-0.25, -0.2) is 8.42 Å². The summed E-state index contributed by atoms with van der Waals surface area (Å²) in [6, 6.07) is 6.18. The van der Waals surface area contributed by atoms with Crippen molar-refractivity contribution in [2.45, 2.75) is 30.6 Å². The third kappa shape index (κ3) is 5.17. The molecule has 0 radical (unpaired) electrons. The Bertz CT molecular complexity index is 614. The summed E-state index contributed by atoms with van der Waals surface area (Å²) in [5, 5.41) is 2.64. The predicted molar refractivity (Wildman–Crippen MR) is 92.3 cm³/mol. The number of hydrogen-bond acceptors (Lipinski definition) is 4. The fourth-order valence-corrected chi connectivity index (χ4v) is 4.08. The minimum absolute atomic E-state index is 0. The lowest BCUT2D eigenvalue weighted by molar-refractivity contribution is 0.0954. The van der Waals surface area contributed by atoms with Crippen LogP contribution >= 0.6 is 12.4 Å². The van der Waals surface area contributed by atoms with Crippen molar-refractivity contribution in [2.24, 2.45) is 5.73 Å². The van der Waals surface area contributed by atoms with E-state index in [1.807, 2.05) is 0 Å². The summed E-state index contributed by atoms with van der Waals surface area (Å²) in [4.78, 5) is 12.1. The molecule has 1 saturated heterocycles. The molecule has 3 N–H and O–H groups in total. The van der Waals surface area contributed by atoms with Crippen LogP contribution in [0.2, 0.25) is 0 Å². The molecular weight excluding hydrogens is 338 g/mol. The Morgan fingerprint density at radius 1 is 1.17 bits per heavy atom. The van der Waals surface area contributed by atoms with Crippen LogP contribution in [0.15, 0.2) is 29.2 Å². The summed E-state index contributed by atoms with van der Waals surface area (Å²) in [6.45, 7) is 1.80. The van der Waals surface area contributed by atoms with E-state index in [4.69, 9.17) is 5.73 Å². The molecule has 1 aliphatic rings. The molecule has 0 atom stereocenters. The van der Waals surface area contributed by atoms with E-state index < -0.39 is 10.0 Å². The summed E-state index contributed by atoms with van der Waals surface area (Å²) in [6.07, 6.45) is 3.90. The highest BCUT2D eigenvalue weighted by atomic mass is 35.5. The van der Waals surface area contributed by atoms with Gasteiger partial charge in [-0.1, -0.05) is 18.9 Å². The molecule has 23 heavy (non-hydrogen) atoms. The lowest BCUT2D eigenvalue weighted by atomic mass is 10.2. The standard InChI is InChI=1S/C15H23N3O3S.ClH/c16-8-9-17-15(19)13-6-5-7-14(12-13)22(20,21)18-10-3-1-2-4-11-18;/h5-7,12H,1-4,8-11,16H2,(H,17,19);1H. The Morgan fingerprint density at radius 3 is 2.43 bits per heavy atom. The largest absolute Gasteiger partial charge is 0.351 e. The van der Waals surface area contributed by atoms with Crippen LogP contribution in [0.3, 0.4) is 0 Å². The SMILES string of the molecule is Cl.NCCNC(=O)c1cccc(S(=O)(=O)N2CCCCCC2)c1. The van der Waals surface area contributed by atoms with Crippen molar-refractivity contribution in [3.8, 4) is 0 Å². The second-order valence-electron chi connectivity index (χ2n) is 5.39.